The normalized spacial score (nSPS) is 12.1. The average molecular weight is 308 g/mol. The quantitative estimate of drug-likeness (QED) is 0.830. The number of halogens is 2. The van der Waals surface area contributed by atoms with Crippen LogP contribution in [0.25, 0.3) is 0 Å². The van der Waals surface area contributed by atoms with Gasteiger partial charge in [0.1, 0.15) is 11.6 Å². The van der Waals surface area contributed by atoms with Gasteiger partial charge in [0.05, 0.1) is 13.2 Å². The molecule has 0 bridgehead atoms. The first-order chi connectivity index (χ1) is 9.93. The van der Waals surface area contributed by atoms with Crippen molar-refractivity contribution in [3.05, 3.63) is 57.9 Å². The van der Waals surface area contributed by atoms with Crippen LogP contribution < -0.4 is 10.1 Å². The van der Waals surface area contributed by atoms with Gasteiger partial charge in [-0.1, -0.05) is 23.7 Å². The summed E-state index contributed by atoms with van der Waals surface area (Å²) in [7, 11) is 1.67. The molecule has 112 valence electrons. The van der Waals surface area contributed by atoms with Crippen molar-refractivity contribution in [3.63, 3.8) is 0 Å². The minimum absolute atomic E-state index is 0.0378. The molecule has 2 nitrogen and oxygen atoms in total. The first-order valence-corrected chi connectivity index (χ1v) is 7.17. The molecule has 1 atom stereocenters. The van der Waals surface area contributed by atoms with Crippen molar-refractivity contribution in [1.29, 1.82) is 0 Å². The molecule has 0 heterocycles. The third-order valence-corrected chi connectivity index (χ3v) is 3.94. The number of hydrogen-bond acceptors (Lipinski definition) is 2. The Hall–Kier alpha value is -1.74. The van der Waals surface area contributed by atoms with Crippen molar-refractivity contribution in [1.82, 2.24) is 0 Å². The van der Waals surface area contributed by atoms with Gasteiger partial charge in [-0.2, -0.15) is 0 Å². The van der Waals surface area contributed by atoms with Crippen molar-refractivity contribution in [2.75, 3.05) is 12.4 Å². The molecule has 1 unspecified atom stereocenters. The molecule has 0 aliphatic heterocycles. The molecule has 2 rings (SSSR count). The SMILES string of the molecule is COc1c(C)ccc(NC(C)c2ccc(F)cc2Cl)c1C. The summed E-state index contributed by atoms with van der Waals surface area (Å²) in [5.41, 5.74) is 3.97. The molecular formula is C17H19ClFNO. The number of hydrogen-bond donors (Lipinski definition) is 1. The Balaban J connectivity index is 2.29. The third-order valence-electron chi connectivity index (χ3n) is 3.61. The first kappa shape index (κ1) is 15.6. The lowest BCUT2D eigenvalue weighted by atomic mass is 10.0. The van der Waals surface area contributed by atoms with Crippen LogP contribution >= 0.6 is 11.6 Å². The Labute approximate surface area is 129 Å². The standard InChI is InChI=1S/C17H19ClFNO/c1-10-5-8-16(11(2)17(10)21-4)20-12(3)14-7-6-13(19)9-15(14)18/h5-9,12,20H,1-4H3. The molecule has 1 N–H and O–H groups in total. The maximum atomic E-state index is 13.1. The van der Waals surface area contributed by atoms with Gasteiger partial charge >= 0.3 is 0 Å². The average Bonchev–Trinajstić information content (AvgIpc) is 2.42. The second-order valence-corrected chi connectivity index (χ2v) is 5.53. The highest BCUT2D eigenvalue weighted by atomic mass is 35.5. The zero-order chi connectivity index (χ0) is 15.6. The summed E-state index contributed by atoms with van der Waals surface area (Å²) in [5, 5.41) is 3.82. The molecule has 0 radical (unpaired) electrons. The van der Waals surface area contributed by atoms with Gasteiger partial charge in [-0.05, 0) is 50.1 Å². The van der Waals surface area contributed by atoms with Crippen LogP contribution in [0.2, 0.25) is 5.02 Å². The number of benzene rings is 2. The van der Waals surface area contributed by atoms with Gasteiger partial charge in [0.2, 0.25) is 0 Å². The van der Waals surface area contributed by atoms with E-state index >= 15 is 0 Å². The van der Waals surface area contributed by atoms with E-state index in [2.05, 4.69) is 5.32 Å². The summed E-state index contributed by atoms with van der Waals surface area (Å²) in [6.45, 7) is 6.01. The summed E-state index contributed by atoms with van der Waals surface area (Å²) in [5.74, 6) is 0.543. The number of ether oxygens (including phenoxy) is 1. The van der Waals surface area contributed by atoms with Crippen LogP contribution in [-0.2, 0) is 0 Å². The third kappa shape index (κ3) is 3.30. The minimum Gasteiger partial charge on any atom is -0.496 e. The second-order valence-electron chi connectivity index (χ2n) is 5.12. The fourth-order valence-corrected chi connectivity index (χ4v) is 2.79. The molecule has 0 fully saturated rings. The number of anilines is 1. The fourth-order valence-electron chi connectivity index (χ4n) is 2.46. The van der Waals surface area contributed by atoms with E-state index in [4.69, 9.17) is 16.3 Å². The molecule has 0 aromatic heterocycles. The lowest BCUT2D eigenvalue weighted by molar-refractivity contribution is 0.409. The lowest BCUT2D eigenvalue weighted by Crippen LogP contribution is -2.09. The van der Waals surface area contributed by atoms with E-state index in [9.17, 15) is 4.39 Å². The molecule has 0 saturated carbocycles. The monoisotopic (exact) mass is 307 g/mol. The molecular weight excluding hydrogens is 289 g/mol. The summed E-state index contributed by atoms with van der Waals surface area (Å²) in [6.07, 6.45) is 0. The van der Waals surface area contributed by atoms with Crippen molar-refractivity contribution < 1.29 is 9.13 Å². The largest absolute Gasteiger partial charge is 0.496 e. The van der Waals surface area contributed by atoms with Gasteiger partial charge in [0.15, 0.2) is 0 Å². The molecule has 0 spiro atoms. The Morgan fingerprint density at radius 3 is 2.52 bits per heavy atom. The summed E-state index contributed by atoms with van der Waals surface area (Å²) >= 11 is 6.11. The maximum absolute atomic E-state index is 13.1. The molecule has 2 aromatic rings. The predicted molar refractivity (Wildman–Crippen MR) is 85.9 cm³/mol. The summed E-state index contributed by atoms with van der Waals surface area (Å²) in [4.78, 5) is 0. The Kier molecular flexibility index (Phi) is 4.73. The molecule has 21 heavy (non-hydrogen) atoms. The van der Waals surface area contributed by atoms with Crippen molar-refractivity contribution in [2.45, 2.75) is 26.8 Å². The van der Waals surface area contributed by atoms with E-state index in [1.54, 1.807) is 13.2 Å². The molecule has 0 amide bonds. The summed E-state index contributed by atoms with van der Waals surface area (Å²) < 4.78 is 18.6. The van der Waals surface area contributed by atoms with Gasteiger partial charge < -0.3 is 10.1 Å². The van der Waals surface area contributed by atoms with E-state index in [1.165, 1.54) is 12.1 Å². The highest BCUT2D eigenvalue weighted by molar-refractivity contribution is 6.31. The number of rotatable bonds is 4. The van der Waals surface area contributed by atoms with Crippen LogP contribution in [-0.4, -0.2) is 7.11 Å². The number of nitrogens with one attached hydrogen (secondary N) is 1. The number of methoxy groups -OCH3 is 1. The predicted octanol–water partition coefficient (Wildman–Crippen LogP) is 5.28. The Morgan fingerprint density at radius 1 is 1.19 bits per heavy atom. The van der Waals surface area contributed by atoms with E-state index in [1.807, 2.05) is 32.9 Å². The van der Waals surface area contributed by atoms with E-state index in [0.717, 1.165) is 28.1 Å². The minimum atomic E-state index is -0.330. The molecule has 0 aliphatic carbocycles. The summed E-state index contributed by atoms with van der Waals surface area (Å²) in [6, 6.07) is 8.44. The molecule has 0 saturated heterocycles. The van der Waals surface area contributed by atoms with Crippen LogP contribution in [0.15, 0.2) is 30.3 Å². The number of aryl methyl sites for hydroxylation is 1. The van der Waals surface area contributed by atoms with Crippen molar-refractivity contribution in [2.24, 2.45) is 0 Å². The van der Waals surface area contributed by atoms with E-state index in [0.29, 0.717) is 5.02 Å². The van der Waals surface area contributed by atoms with Crippen LogP contribution in [0.4, 0.5) is 10.1 Å². The van der Waals surface area contributed by atoms with Crippen LogP contribution in [0, 0.1) is 19.7 Å². The molecule has 2 aromatic carbocycles. The van der Waals surface area contributed by atoms with Gasteiger partial charge in [-0.25, -0.2) is 4.39 Å². The maximum Gasteiger partial charge on any atom is 0.126 e. The Morgan fingerprint density at radius 2 is 1.90 bits per heavy atom. The zero-order valence-corrected chi connectivity index (χ0v) is 13.4. The second kappa shape index (κ2) is 6.35. The Bertz CT molecular complexity index is 657. The van der Waals surface area contributed by atoms with Gasteiger partial charge in [0, 0.05) is 16.3 Å². The van der Waals surface area contributed by atoms with E-state index in [-0.39, 0.29) is 11.9 Å². The zero-order valence-electron chi connectivity index (χ0n) is 12.6. The van der Waals surface area contributed by atoms with Gasteiger partial charge in [-0.15, -0.1) is 0 Å². The van der Waals surface area contributed by atoms with Gasteiger partial charge in [-0.3, -0.25) is 0 Å². The lowest BCUT2D eigenvalue weighted by Gasteiger charge is -2.20. The molecule has 4 heteroatoms. The van der Waals surface area contributed by atoms with Gasteiger partial charge in [0.25, 0.3) is 0 Å². The van der Waals surface area contributed by atoms with Crippen LogP contribution in [0.1, 0.15) is 29.7 Å². The van der Waals surface area contributed by atoms with Crippen LogP contribution in [0.5, 0.6) is 5.75 Å². The fraction of sp³-hybridized carbons (Fsp3) is 0.294. The smallest absolute Gasteiger partial charge is 0.126 e. The topological polar surface area (TPSA) is 21.3 Å². The van der Waals surface area contributed by atoms with Crippen molar-refractivity contribution in [3.8, 4) is 5.75 Å². The van der Waals surface area contributed by atoms with E-state index < -0.39 is 0 Å². The molecule has 0 aliphatic rings. The highest BCUT2D eigenvalue weighted by Gasteiger charge is 2.13. The highest BCUT2D eigenvalue weighted by Crippen LogP contribution is 2.33. The first-order valence-electron chi connectivity index (χ1n) is 6.79. The van der Waals surface area contributed by atoms with Crippen molar-refractivity contribution >= 4 is 17.3 Å². The van der Waals surface area contributed by atoms with Crippen LogP contribution in [0.3, 0.4) is 0 Å².